The number of nitrogen functional groups attached to an aromatic ring is 1. The predicted molar refractivity (Wildman–Crippen MR) is 78.7 cm³/mol. The van der Waals surface area contributed by atoms with Crippen LogP contribution in [0.4, 0.5) is 11.6 Å². The van der Waals surface area contributed by atoms with E-state index in [1.54, 1.807) is 31.2 Å². The number of ether oxygens (including phenoxy) is 2. The van der Waals surface area contributed by atoms with Gasteiger partial charge in [0.15, 0.2) is 0 Å². The number of methoxy groups -OCH3 is 2. The topological polar surface area (TPSA) is 99.4 Å². The minimum absolute atomic E-state index is 0.152. The predicted octanol–water partition coefficient (Wildman–Crippen LogP) is 1.64. The Bertz CT molecular complexity index is 673. The molecule has 0 spiro atoms. The highest BCUT2D eigenvalue weighted by Crippen LogP contribution is 2.25. The highest BCUT2D eigenvalue weighted by Gasteiger charge is 2.15. The Morgan fingerprint density at radius 3 is 2.67 bits per heavy atom. The first kappa shape index (κ1) is 14.6. The van der Waals surface area contributed by atoms with Gasteiger partial charge in [-0.2, -0.15) is 4.98 Å². The number of carbonyl (C=O) groups is 1. The van der Waals surface area contributed by atoms with E-state index in [0.717, 1.165) is 0 Å². The maximum absolute atomic E-state index is 12.2. The van der Waals surface area contributed by atoms with Crippen LogP contribution in [0.15, 0.2) is 24.3 Å². The molecule has 0 aliphatic carbocycles. The zero-order valence-corrected chi connectivity index (χ0v) is 12.0. The van der Waals surface area contributed by atoms with Crippen LogP contribution in [-0.2, 0) is 0 Å². The third kappa shape index (κ3) is 3.19. The monoisotopic (exact) mass is 288 g/mol. The Kier molecular flexibility index (Phi) is 4.22. The van der Waals surface area contributed by atoms with E-state index in [4.69, 9.17) is 15.2 Å². The molecular weight excluding hydrogens is 272 g/mol. The van der Waals surface area contributed by atoms with Gasteiger partial charge in [0.1, 0.15) is 5.75 Å². The highest BCUT2D eigenvalue weighted by molar-refractivity contribution is 6.07. The molecule has 1 heterocycles. The standard InChI is InChI=1S/C14H16N4O3/c1-8-7-11(21-3)17-14(16-8)18-13(19)9-5-4-6-10(20-2)12(9)15/h4-7H,15H2,1-3H3,(H,16,17,18,19). The SMILES string of the molecule is COc1cc(C)nc(NC(=O)c2cccc(OC)c2N)n1. The lowest BCUT2D eigenvalue weighted by molar-refractivity contribution is 0.102. The first-order valence-electron chi connectivity index (χ1n) is 6.18. The van der Waals surface area contributed by atoms with Gasteiger partial charge in [-0.15, -0.1) is 0 Å². The zero-order valence-electron chi connectivity index (χ0n) is 12.0. The number of nitrogens with two attached hydrogens (primary N) is 1. The second kappa shape index (κ2) is 6.08. The fraction of sp³-hybridized carbons (Fsp3) is 0.214. The van der Waals surface area contributed by atoms with Gasteiger partial charge in [-0.05, 0) is 19.1 Å². The molecule has 7 nitrogen and oxygen atoms in total. The first-order chi connectivity index (χ1) is 10.0. The van der Waals surface area contributed by atoms with Gasteiger partial charge < -0.3 is 15.2 Å². The van der Waals surface area contributed by atoms with Gasteiger partial charge in [0.25, 0.3) is 5.91 Å². The zero-order chi connectivity index (χ0) is 15.4. The average Bonchev–Trinajstić information content (AvgIpc) is 2.46. The summed E-state index contributed by atoms with van der Waals surface area (Å²) >= 11 is 0. The molecule has 0 unspecified atom stereocenters. The van der Waals surface area contributed by atoms with Gasteiger partial charge >= 0.3 is 0 Å². The van der Waals surface area contributed by atoms with Gasteiger partial charge in [-0.25, -0.2) is 4.98 Å². The van der Waals surface area contributed by atoms with Crippen molar-refractivity contribution >= 4 is 17.5 Å². The van der Waals surface area contributed by atoms with Crippen molar-refractivity contribution in [1.29, 1.82) is 0 Å². The summed E-state index contributed by atoms with van der Waals surface area (Å²) < 4.78 is 10.1. The third-order valence-corrected chi connectivity index (χ3v) is 2.80. The molecule has 1 aromatic heterocycles. The fourth-order valence-corrected chi connectivity index (χ4v) is 1.79. The largest absolute Gasteiger partial charge is 0.495 e. The van der Waals surface area contributed by atoms with Crippen molar-refractivity contribution in [3.63, 3.8) is 0 Å². The van der Waals surface area contributed by atoms with E-state index in [2.05, 4.69) is 15.3 Å². The van der Waals surface area contributed by atoms with Crippen molar-refractivity contribution in [2.24, 2.45) is 0 Å². The van der Waals surface area contributed by atoms with Crippen LogP contribution >= 0.6 is 0 Å². The van der Waals surface area contributed by atoms with Crippen LogP contribution in [0.3, 0.4) is 0 Å². The number of amides is 1. The summed E-state index contributed by atoms with van der Waals surface area (Å²) in [5.74, 6) is 0.542. The number of hydrogen-bond donors (Lipinski definition) is 2. The minimum Gasteiger partial charge on any atom is -0.495 e. The molecule has 1 aromatic carbocycles. The van der Waals surface area contributed by atoms with Crippen LogP contribution in [0, 0.1) is 6.92 Å². The van der Waals surface area contributed by atoms with Crippen LogP contribution < -0.4 is 20.5 Å². The Balaban J connectivity index is 2.28. The first-order valence-corrected chi connectivity index (χ1v) is 6.18. The summed E-state index contributed by atoms with van der Waals surface area (Å²) in [6.45, 7) is 1.78. The Hall–Kier alpha value is -2.83. The molecule has 1 amide bonds. The summed E-state index contributed by atoms with van der Waals surface area (Å²) in [5, 5.41) is 2.59. The molecule has 21 heavy (non-hydrogen) atoms. The lowest BCUT2D eigenvalue weighted by atomic mass is 10.1. The van der Waals surface area contributed by atoms with Gasteiger partial charge in [-0.1, -0.05) is 6.07 Å². The van der Waals surface area contributed by atoms with Gasteiger partial charge in [0, 0.05) is 11.8 Å². The number of aryl methyl sites for hydroxylation is 1. The molecule has 0 saturated heterocycles. The van der Waals surface area contributed by atoms with Gasteiger partial charge in [-0.3, -0.25) is 10.1 Å². The van der Waals surface area contributed by atoms with Crippen LogP contribution in [0.25, 0.3) is 0 Å². The third-order valence-electron chi connectivity index (χ3n) is 2.80. The summed E-state index contributed by atoms with van der Waals surface area (Å²) in [6, 6.07) is 6.62. The van der Waals surface area contributed by atoms with Gasteiger partial charge in [0.05, 0.1) is 25.5 Å². The number of para-hydroxylation sites is 1. The van der Waals surface area contributed by atoms with E-state index in [-0.39, 0.29) is 11.6 Å². The Morgan fingerprint density at radius 2 is 2.00 bits per heavy atom. The van der Waals surface area contributed by atoms with Crippen molar-refractivity contribution in [3.05, 3.63) is 35.5 Å². The fourth-order valence-electron chi connectivity index (χ4n) is 1.79. The quantitative estimate of drug-likeness (QED) is 0.830. The van der Waals surface area contributed by atoms with Crippen molar-refractivity contribution in [1.82, 2.24) is 9.97 Å². The molecule has 110 valence electrons. The summed E-state index contributed by atoms with van der Waals surface area (Å²) in [6.07, 6.45) is 0. The molecule has 0 aliphatic rings. The van der Waals surface area contributed by atoms with Crippen molar-refractivity contribution in [2.75, 3.05) is 25.3 Å². The number of hydrogen-bond acceptors (Lipinski definition) is 6. The molecule has 0 bridgehead atoms. The molecule has 0 aliphatic heterocycles. The molecule has 0 radical (unpaired) electrons. The maximum atomic E-state index is 12.2. The number of anilines is 2. The van der Waals surface area contributed by atoms with E-state index >= 15 is 0 Å². The summed E-state index contributed by atoms with van der Waals surface area (Å²) in [4.78, 5) is 20.4. The lowest BCUT2D eigenvalue weighted by Gasteiger charge is -2.10. The number of rotatable bonds is 4. The molecular formula is C14H16N4O3. The average molecular weight is 288 g/mol. The molecule has 3 N–H and O–H groups in total. The number of aromatic nitrogens is 2. The molecule has 0 fully saturated rings. The Labute approximate surface area is 122 Å². The normalized spacial score (nSPS) is 10.0. The molecule has 2 rings (SSSR count). The number of nitrogens with one attached hydrogen (secondary N) is 1. The van der Waals surface area contributed by atoms with Crippen molar-refractivity contribution in [2.45, 2.75) is 6.92 Å². The van der Waals surface area contributed by atoms with Crippen LogP contribution in [-0.4, -0.2) is 30.1 Å². The highest BCUT2D eigenvalue weighted by atomic mass is 16.5. The number of benzene rings is 1. The second-order valence-electron chi connectivity index (χ2n) is 4.25. The van der Waals surface area contributed by atoms with Crippen molar-refractivity contribution in [3.8, 4) is 11.6 Å². The number of carbonyl (C=O) groups excluding carboxylic acids is 1. The smallest absolute Gasteiger partial charge is 0.260 e. The lowest BCUT2D eigenvalue weighted by Crippen LogP contribution is -2.16. The molecule has 0 saturated carbocycles. The maximum Gasteiger partial charge on any atom is 0.260 e. The summed E-state index contributed by atoms with van der Waals surface area (Å²) in [7, 11) is 2.98. The van der Waals surface area contributed by atoms with Crippen molar-refractivity contribution < 1.29 is 14.3 Å². The van der Waals surface area contributed by atoms with Crippen LogP contribution in [0.5, 0.6) is 11.6 Å². The van der Waals surface area contributed by atoms with E-state index < -0.39 is 5.91 Å². The summed E-state index contributed by atoms with van der Waals surface area (Å²) in [5.41, 5.74) is 7.11. The molecule has 7 heteroatoms. The number of nitrogens with zero attached hydrogens (tertiary/aromatic N) is 2. The molecule has 2 aromatic rings. The van der Waals surface area contributed by atoms with E-state index in [0.29, 0.717) is 22.9 Å². The Morgan fingerprint density at radius 1 is 1.24 bits per heavy atom. The van der Waals surface area contributed by atoms with Gasteiger partial charge in [0.2, 0.25) is 11.8 Å². The minimum atomic E-state index is -0.418. The second-order valence-corrected chi connectivity index (χ2v) is 4.25. The van der Waals surface area contributed by atoms with Crippen LogP contribution in [0.2, 0.25) is 0 Å². The van der Waals surface area contributed by atoms with E-state index in [1.807, 2.05) is 0 Å². The van der Waals surface area contributed by atoms with Crippen LogP contribution in [0.1, 0.15) is 16.1 Å². The van der Waals surface area contributed by atoms with E-state index in [9.17, 15) is 4.79 Å². The van der Waals surface area contributed by atoms with E-state index in [1.165, 1.54) is 14.2 Å². The molecule has 0 atom stereocenters.